The van der Waals surface area contributed by atoms with Crippen LogP contribution in [0.3, 0.4) is 0 Å². The molecule has 0 saturated heterocycles. The van der Waals surface area contributed by atoms with Gasteiger partial charge in [0.1, 0.15) is 11.6 Å². The number of halogens is 3. The third-order valence-corrected chi connectivity index (χ3v) is 3.37. The first-order chi connectivity index (χ1) is 9.99. The van der Waals surface area contributed by atoms with Gasteiger partial charge in [-0.25, -0.2) is 9.97 Å². The van der Waals surface area contributed by atoms with Crippen molar-refractivity contribution in [2.75, 3.05) is 23.7 Å². The molecule has 8 heteroatoms. The van der Waals surface area contributed by atoms with Crippen LogP contribution >= 0.6 is 11.3 Å². The molecule has 2 aromatic rings. The zero-order valence-electron chi connectivity index (χ0n) is 11.4. The van der Waals surface area contributed by atoms with E-state index in [1.165, 1.54) is 6.07 Å². The minimum Gasteiger partial charge on any atom is -0.370 e. The van der Waals surface area contributed by atoms with Crippen LogP contribution in [0.2, 0.25) is 0 Å². The standard InChI is InChI=1S/C13H15F3N4S/c1-2-17-10-7-11(20-12(19-10)13(14,15)16)18-5-3-9-4-6-21-8-9/h4,6-8H,2-3,5H2,1H3,(H2,17,18,19,20). The topological polar surface area (TPSA) is 49.8 Å². The largest absolute Gasteiger partial charge is 0.451 e. The molecule has 0 amide bonds. The molecule has 0 aliphatic rings. The smallest absolute Gasteiger partial charge is 0.370 e. The van der Waals surface area contributed by atoms with Crippen molar-refractivity contribution in [3.05, 3.63) is 34.3 Å². The van der Waals surface area contributed by atoms with Gasteiger partial charge in [-0.3, -0.25) is 0 Å². The van der Waals surface area contributed by atoms with E-state index in [0.717, 1.165) is 12.0 Å². The molecule has 0 spiro atoms. The van der Waals surface area contributed by atoms with Crippen LogP contribution in [0.1, 0.15) is 18.3 Å². The lowest BCUT2D eigenvalue weighted by Gasteiger charge is -2.12. The molecule has 114 valence electrons. The number of thiophene rings is 1. The quantitative estimate of drug-likeness (QED) is 0.854. The summed E-state index contributed by atoms with van der Waals surface area (Å²) in [6, 6.07) is 3.46. The van der Waals surface area contributed by atoms with Crippen LogP contribution in [0.15, 0.2) is 22.9 Å². The summed E-state index contributed by atoms with van der Waals surface area (Å²) in [5.74, 6) is -0.805. The van der Waals surface area contributed by atoms with Gasteiger partial charge < -0.3 is 10.6 Å². The second-order valence-electron chi connectivity index (χ2n) is 4.30. The highest BCUT2D eigenvalue weighted by Gasteiger charge is 2.35. The Morgan fingerprint density at radius 3 is 2.48 bits per heavy atom. The lowest BCUT2D eigenvalue weighted by Crippen LogP contribution is -2.16. The van der Waals surface area contributed by atoms with E-state index in [1.54, 1.807) is 18.3 Å². The molecule has 0 aliphatic heterocycles. The van der Waals surface area contributed by atoms with E-state index < -0.39 is 12.0 Å². The highest BCUT2D eigenvalue weighted by molar-refractivity contribution is 7.07. The van der Waals surface area contributed by atoms with Crippen molar-refractivity contribution in [2.24, 2.45) is 0 Å². The molecule has 2 rings (SSSR count). The number of anilines is 2. The van der Waals surface area contributed by atoms with Crippen molar-refractivity contribution in [1.82, 2.24) is 9.97 Å². The SMILES string of the molecule is CCNc1cc(NCCc2ccsc2)nc(C(F)(F)F)n1. The van der Waals surface area contributed by atoms with E-state index in [4.69, 9.17) is 0 Å². The van der Waals surface area contributed by atoms with Crippen molar-refractivity contribution in [3.63, 3.8) is 0 Å². The number of rotatable bonds is 6. The molecule has 0 atom stereocenters. The monoisotopic (exact) mass is 316 g/mol. The molecule has 0 aliphatic carbocycles. The fourth-order valence-corrected chi connectivity index (χ4v) is 2.41. The maximum atomic E-state index is 12.8. The van der Waals surface area contributed by atoms with Gasteiger partial charge in [0.2, 0.25) is 5.82 Å². The van der Waals surface area contributed by atoms with Gasteiger partial charge in [-0.05, 0) is 35.7 Å². The number of nitrogens with one attached hydrogen (secondary N) is 2. The maximum absolute atomic E-state index is 12.8. The van der Waals surface area contributed by atoms with Crippen LogP contribution in [0.25, 0.3) is 0 Å². The highest BCUT2D eigenvalue weighted by Crippen LogP contribution is 2.28. The Morgan fingerprint density at radius 1 is 1.19 bits per heavy atom. The lowest BCUT2D eigenvalue weighted by molar-refractivity contribution is -0.144. The normalized spacial score (nSPS) is 11.4. The van der Waals surface area contributed by atoms with Gasteiger partial charge in [-0.2, -0.15) is 24.5 Å². The Labute approximate surface area is 124 Å². The van der Waals surface area contributed by atoms with Crippen LogP contribution < -0.4 is 10.6 Å². The first-order valence-corrected chi connectivity index (χ1v) is 7.38. The van der Waals surface area contributed by atoms with E-state index in [1.807, 2.05) is 16.8 Å². The van der Waals surface area contributed by atoms with E-state index in [-0.39, 0.29) is 11.6 Å². The van der Waals surface area contributed by atoms with E-state index in [9.17, 15) is 13.2 Å². The summed E-state index contributed by atoms with van der Waals surface area (Å²) in [7, 11) is 0. The van der Waals surface area contributed by atoms with Crippen molar-refractivity contribution in [1.29, 1.82) is 0 Å². The fraction of sp³-hybridized carbons (Fsp3) is 0.385. The van der Waals surface area contributed by atoms with Crippen LogP contribution in [0, 0.1) is 0 Å². The zero-order valence-corrected chi connectivity index (χ0v) is 12.2. The molecular weight excluding hydrogens is 301 g/mol. The third-order valence-electron chi connectivity index (χ3n) is 2.64. The number of aromatic nitrogens is 2. The van der Waals surface area contributed by atoms with Gasteiger partial charge in [0, 0.05) is 19.2 Å². The summed E-state index contributed by atoms with van der Waals surface area (Å²) in [5, 5.41) is 9.65. The molecular formula is C13H15F3N4S. The molecule has 2 N–H and O–H groups in total. The molecule has 0 saturated carbocycles. The van der Waals surface area contributed by atoms with Gasteiger partial charge >= 0.3 is 6.18 Å². The van der Waals surface area contributed by atoms with Crippen LogP contribution in [0.5, 0.6) is 0 Å². The van der Waals surface area contributed by atoms with Gasteiger partial charge in [0.05, 0.1) is 0 Å². The van der Waals surface area contributed by atoms with Gasteiger partial charge in [0.25, 0.3) is 0 Å². The average molecular weight is 316 g/mol. The number of nitrogens with zero attached hydrogens (tertiary/aromatic N) is 2. The molecule has 0 unspecified atom stereocenters. The Morgan fingerprint density at radius 2 is 1.90 bits per heavy atom. The fourth-order valence-electron chi connectivity index (χ4n) is 1.71. The highest BCUT2D eigenvalue weighted by atomic mass is 32.1. The summed E-state index contributed by atoms with van der Waals surface area (Å²) in [6.07, 6.45) is -3.83. The molecule has 0 fully saturated rings. The molecule has 0 radical (unpaired) electrons. The molecule has 21 heavy (non-hydrogen) atoms. The minimum absolute atomic E-state index is 0.165. The van der Waals surface area contributed by atoms with E-state index >= 15 is 0 Å². The number of hydrogen-bond acceptors (Lipinski definition) is 5. The number of alkyl halides is 3. The van der Waals surface area contributed by atoms with E-state index in [2.05, 4.69) is 20.6 Å². The van der Waals surface area contributed by atoms with Crippen molar-refractivity contribution in [3.8, 4) is 0 Å². The van der Waals surface area contributed by atoms with E-state index in [0.29, 0.717) is 13.1 Å². The van der Waals surface area contributed by atoms with Crippen LogP contribution in [-0.2, 0) is 12.6 Å². The summed E-state index contributed by atoms with van der Waals surface area (Å²) in [6.45, 7) is 2.79. The number of hydrogen-bond donors (Lipinski definition) is 2. The third kappa shape index (κ3) is 4.59. The Kier molecular flexibility index (Phi) is 5.00. The molecule has 0 bridgehead atoms. The Hall–Kier alpha value is -1.83. The second-order valence-corrected chi connectivity index (χ2v) is 5.08. The van der Waals surface area contributed by atoms with Crippen molar-refractivity contribution in [2.45, 2.75) is 19.5 Å². The lowest BCUT2D eigenvalue weighted by atomic mass is 10.2. The minimum atomic E-state index is -4.56. The van der Waals surface area contributed by atoms with Gasteiger partial charge in [0.15, 0.2) is 0 Å². The van der Waals surface area contributed by atoms with Crippen molar-refractivity contribution >= 4 is 23.0 Å². The Balaban J connectivity index is 2.08. The summed E-state index contributed by atoms with van der Waals surface area (Å²) in [5.41, 5.74) is 1.14. The van der Waals surface area contributed by atoms with Crippen molar-refractivity contribution < 1.29 is 13.2 Å². The first-order valence-electron chi connectivity index (χ1n) is 6.44. The molecule has 2 heterocycles. The molecule has 0 aromatic carbocycles. The summed E-state index contributed by atoms with van der Waals surface area (Å²) >= 11 is 1.59. The average Bonchev–Trinajstić information content (AvgIpc) is 2.91. The zero-order chi connectivity index (χ0) is 15.3. The molecule has 4 nitrogen and oxygen atoms in total. The van der Waals surface area contributed by atoms with Crippen LogP contribution in [0.4, 0.5) is 24.8 Å². The van der Waals surface area contributed by atoms with Crippen LogP contribution in [-0.4, -0.2) is 23.1 Å². The summed E-state index contributed by atoms with van der Waals surface area (Å²) < 4.78 is 38.3. The Bertz CT molecular complexity index is 569. The summed E-state index contributed by atoms with van der Waals surface area (Å²) in [4.78, 5) is 6.99. The predicted molar refractivity (Wildman–Crippen MR) is 77.7 cm³/mol. The second kappa shape index (κ2) is 6.75. The maximum Gasteiger partial charge on any atom is 0.451 e. The first kappa shape index (κ1) is 15.6. The van der Waals surface area contributed by atoms with Gasteiger partial charge in [-0.15, -0.1) is 0 Å². The van der Waals surface area contributed by atoms with Gasteiger partial charge in [-0.1, -0.05) is 0 Å². The molecule has 2 aromatic heterocycles. The predicted octanol–water partition coefficient (Wildman–Crippen LogP) is 3.64.